The Bertz CT molecular complexity index is 427. The molecule has 78 valence electrons. The molecule has 3 heterocycles. The monoisotopic (exact) mass is 219 g/mol. The lowest BCUT2D eigenvalue weighted by molar-refractivity contribution is 0.466. The highest BCUT2D eigenvalue weighted by Gasteiger charge is 2.17. The predicted octanol–water partition coefficient (Wildman–Crippen LogP) is 2.16. The summed E-state index contributed by atoms with van der Waals surface area (Å²) in [6.45, 7) is 2.29. The number of aromatic nitrogens is 2. The van der Waals surface area contributed by atoms with Crippen molar-refractivity contribution in [2.45, 2.75) is 18.8 Å². The van der Waals surface area contributed by atoms with Crippen molar-refractivity contribution in [2.24, 2.45) is 0 Å². The molecule has 1 aliphatic heterocycles. The first-order valence-electron chi connectivity index (χ1n) is 5.34. The van der Waals surface area contributed by atoms with Gasteiger partial charge in [0.1, 0.15) is 0 Å². The van der Waals surface area contributed by atoms with Gasteiger partial charge < -0.3 is 5.32 Å². The first kappa shape index (κ1) is 9.24. The second kappa shape index (κ2) is 3.87. The lowest BCUT2D eigenvalue weighted by Crippen LogP contribution is -2.27. The Morgan fingerprint density at radius 1 is 1.33 bits per heavy atom. The van der Waals surface area contributed by atoms with Crippen molar-refractivity contribution in [3.63, 3.8) is 0 Å². The molecule has 15 heavy (non-hydrogen) atoms. The van der Waals surface area contributed by atoms with E-state index >= 15 is 0 Å². The van der Waals surface area contributed by atoms with Gasteiger partial charge in [0, 0.05) is 22.7 Å². The molecule has 1 unspecified atom stereocenters. The van der Waals surface area contributed by atoms with E-state index in [2.05, 4.69) is 21.6 Å². The highest BCUT2D eigenvalue weighted by Crippen LogP contribution is 2.32. The van der Waals surface area contributed by atoms with E-state index in [-0.39, 0.29) is 0 Å². The van der Waals surface area contributed by atoms with Crippen molar-refractivity contribution in [1.29, 1.82) is 0 Å². The molecule has 2 aromatic rings. The molecule has 0 aliphatic carbocycles. The SMILES string of the molecule is c1nncc2sc(C3CCCNC3)cc12. The van der Waals surface area contributed by atoms with Crippen LogP contribution in [0.5, 0.6) is 0 Å². The first-order chi connectivity index (χ1) is 7.43. The summed E-state index contributed by atoms with van der Waals surface area (Å²) in [5.41, 5.74) is 0. The smallest absolute Gasteiger partial charge is 0.0674 e. The number of nitrogens with one attached hydrogen (secondary N) is 1. The van der Waals surface area contributed by atoms with Gasteiger partial charge in [-0.05, 0) is 25.5 Å². The first-order valence-corrected chi connectivity index (χ1v) is 6.16. The molecule has 0 spiro atoms. The van der Waals surface area contributed by atoms with Gasteiger partial charge in [0.25, 0.3) is 0 Å². The average molecular weight is 219 g/mol. The van der Waals surface area contributed by atoms with Crippen molar-refractivity contribution in [3.05, 3.63) is 23.3 Å². The van der Waals surface area contributed by atoms with Gasteiger partial charge in [0.15, 0.2) is 0 Å². The van der Waals surface area contributed by atoms with Crippen LogP contribution in [-0.4, -0.2) is 23.3 Å². The second-order valence-corrected chi connectivity index (χ2v) is 5.12. The van der Waals surface area contributed by atoms with E-state index in [0.29, 0.717) is 5.92 Å². The van der Waals surface area contributed by atoms with Gasteiger partial charge in [-0.15, -0.1) is 11.3 Å². The summed E-state index contributed by atoms with van der Waals surface area (Å²) in [7, 11) is 0. The molecule has 1 saturated heterocycles. The third kappa shape index (κ3) is 1.75. The molecule has 0 aromatic carbocycles. The number of piperidine rings is 1. The molecular weight excluding hydrogens is 206 g/mol. The number of thiophene rings is 1. The van der Waals surface area contributed by atoms with Crippen LogP contribution in [0.15, 0.2) is 18.5 Å². The second-order valence-electron chi connectivity index (χ2n) is 4.00. The zero-order chi connectivity index (χ0) is 10.1. The summed E-state index contributed by atoms with van der Waals surface area (Å²) in [6, 6.07) is 2.27. The maximum atomic E-state index is 3.92. The summed E-state index contributed by atoms with van der Waals surface area (Å²) in [6.07, 6.45) is 6.31. The van der Waals surface area contributed by atoms with Gasteiger partial charge in [-0.1, -0.05) is 0 Å². The minimum absolute atomic E-state index is 0.691. The van der Waals surface area contributed by atoms with Gasteiger partial charge in [0.2, 0.25) is 0 Å². The van der Waals surface area contributed by atoms with Crippen LogP contribution in [0.1, 0.15) is 23.6 Å². The highest BCUT2D eigenvalue weighted by molar-refractivity contribution is 7.19. The lowest BCUT2D eigenvalue weighted by atomic mass is 9.98. The molecule has 1 N–H and O–H groups in total. The van der Waals surface area contributed by atoms with Crippen molar-refractivity contribution >= 4 is 21.4 Å². The molecule has 3 rings (SSSR count). The predicted molar refractivity (Wildman–Crippen MR) is 62.3 cm³/mol. The number of hydrogen-bond acceptors (Lipinski definition) is 4. The number of hydrogen-bond donors (Lipinski definition) is 1. The van der Waals surface area contributed by atoms with Gasteiger partial charge >= 0.3 is 0 Å². The number of rotatable bonds is 1. The summed E-state index contributed by atoms with van der Waals surface area (Å²) in [4.78, 5) is 1.48. The molecule has 0 bridgehead atoms. The Labute approximate surface area is 92.5 Å². The van der Waals surface area contributed by atoms with Gasteiger partial charge in [0.05, 0.1) is 17.1 Å². The van der Waals surface area contributed by atoms with Crippen LogP contribution < -0.4 is 5.32 Å². The van der Waals surface area contributed by atoms with E-state index in [0.717, 1.165) is 6.54 Å². The van der Waals surface area contributed by atoms with E-state index in [1.165, 1.54) is 34.3 Å². The Morgan fingerprint density at radius 2 is 2.27 bits per heavy atom. The van der Waals surface area contributed by atoms with Gasteiger partial charge in [-0.2, -0.15) is 10.2 Å². The zero-order valence-electron chi connectivity index (χ0n) is 8.44. The Kier molecular flexibility index (Phi) is 2.38. The molecule has 1 aliphatic rings. The molecule has 0 radical (unpaired) electrons. The maximum Gasteiger partial charge on any atom is 0.0674 e. The largest absolute Gasteiger partial charge is 0.316 e. The van der Waals surface area contributed by atoms with Crippen LogP contribution >= 0.6 is 11.3 Å². The molecule has 0 amide bonds. The third-order valence-corrected chi connectivity index (χ3v) is 4.20. The molecular formula is C11H13N3S. The summed E-state index contributed by atoms with van der Waals surface area (Å²) >= 11 is 1.86. The highest BCUT2D eigenvalue weighted by atomic mass is 32.1. The van der Waals surface area contributed by atoms with E-state index in [9.17, 15) is 0 Å². The minimum atomic E-state index is 0.691. The molecule has 3 nitrogen and oxygen atoms in total. The normalized spacial score (nSPS) is 22.0. The summed E-state index contributed by atoms with van der Waals surface area (Å²) < 4.78 is 1.26. The Balaban J connectivity index is 1.96. The fraction of sp³-hybridized carbons (Fsp3) is 0.455. The fourth-order valence-electron chi connectivity index (χ4n) is 2.12. The standard InChI is InChI=1S/C11H13N3S/c1-2-8(5-12-3-1)10-4-9-6-13-14-7-11(9)15-10/h4,6-8,12H,1-3,5H2. The number of nitrogens with zero attached hydrogens (tertiary/aromatic N) is 2. The molecule has 1 fully saturated rings. The molecule has 1 atom stereocenters. The zero-order valence-corrected chi connectivity index (χ0v) is 9.26. The van der Waals surface area contributed by atoms with Gasteiger partial charge in [-0.3, -0.25) is 0 Å². The molecule has 2 aromatic heterocycles. The number of fused-ring (bicyclic) bond motifs is 1. The van der Waals surface area contributed by atoms with Crippen molar-refractivity contribution in [3.8, 4) is 0 Å². The quantitative estimate of drug-likeness (QED) is 0.798. The Morgan fingerprint density at radius 3 is 3.07 bits per heavy atom. The van der Waals surface area contributed by atoms with Gasteiger partial charge in [-0.25, -0.2) is 0 Å². The van der Waals surface area contributed by atoms with Crippen LogP contribution in [0.25, 0.3) is 10.1 Å². The van der Waals surface area contributed by atoms with Crippen molar-refractivity contribution < 1.29 is 0 Å². The van der Waals surface area contributed by atoms with E-state index < -0.39 is 0 Å². The average Bonchev–Trinajstić information content (AvgIpc) is 2.74. The third-order valence-electron chi connectivity index (χ3n) is 2.95. The van der Waals surface area contributed by atoms with E-state index in [1.807, 2.05) is 23.7 Å². The van der Waals surface area contributed by atoms with Crippen molar-refractivity contribution in [1.82, 2.24) is 15.5 Å². The topological polar surface area (TPSA) is 37.8 Å². The van der Waals surface area contributed by atoms with E-state index in [1.54, 1.807) is 0 Å². The minimum Gasteiger partial charge on any atom is -0.316 e. The van der Waals surface area contributed by atoms with E-state index in [4.69, 9.17) is 0 Å². The van der Waals surface area contributed by atoms with Crippen LogP contribution in [0.2, 0.25) is 0 Å². The lowest BCUT2D eigenvalue weighted by Gasteiger charge is -2.21. The maximum absolute atomic E-state index is 3.92. The van der Waals surface area contributed by atoms with Crippen LogP contribution in [0.3, 0.4) is 0 Å². The van der Waals surface area contributed by atoms with Crippen molar-refractivity contribution in [2.75, 3.05) is 13.1 Å². The Hall–Kier alpha value is -1.00. The molecule has 0 saturated carbocycles. The summed E-state index contributed by atoms with van der Waals surface area (Å²) in [5.74, 6) is 0.691. The summed E-state index contributed by atoms with van der Waals surface area (Å²) in [5, 5.41) is 12.5. The van der Waals surface area contributed by atoms with Crippen LogP contribution in [0, 0.1) is 0 Å². The molecule has 4 heteroatoms. The van der Waals surface area contributed by atoms with Crippen LogP contribution in [0.4, 0.5) is 0 Å². The van der Waals surface area contributed by atoms with Crippen LogP contribution in [-0.2, 0) is 0 Å². The fourth-order valence-corrected chi connectivity index (χ4v) is 3.26.